The minimum absolute atomic E-state index is 0.794. The van der Waals surface area contributed by atoms with Gasteiger partial charge in [0, 0.05) is 51.3 Å². The average molecular weight is 742 g/mol. The van der Waals surface area contributed by atoms with Crippen LogP contribution in [0.25, 0.3) is 106 Å². The van der Waals surface area contributed by atoms with Gasteiger partial charge in [0.1, 0.15) is 0 Å². The van der Waals surface area contributed by atoms with Gasteiger partial charge in [-0.05, 0) is 137 Å². The normalized spacial score (nSPS) is 12.7. The summed E-state index contributed by atoms with van der Waals surface area (Å²) in [5, 5.41) is 20.6. The SMILES string of the molecule is CC(C)(O)C(C)(C)O[B]c1ccc2c3c(cccc13)-c1c-2c(-c2ccc3sc4ccccc4c3c2)c2c#cccc2c1-c1ccc2sc3ccccc3c2c1. The molecule has 2 aromatic heterocycles. The molecular formula is C50H34BO2S2. The van der Waals surface area contributed by atoms with Crippen molar-refractivity contribution >= 4 is 97.5 Å². The van der Waals surface area contributed by atoms with Crippen LogP contribution in [-0.4, -0.2) is 23.8 Å². The van der Waals surface area contributed by atoms with Gasteiger partial charge in [0.15, 0.2) is 0 Å². The standard InChI is InChI=1S/C50H34BO2S2/c1-49(2,52)50(3,4)53-51-39-23-22-36-46-34(39)16-11-17-35(46)47-44(28-20-24-42-37(26-28)30-12-7-9-18-40(30)54-42)32-14-5-6-15-33(32)45(48(36)47)29-21-25-43-38(27-29)31-13-8-10-19-41(31)55-43/h5,7-14,16-27,52H,1-4H3. The van der Waals surface area contributed by atoms with E-state index >= 15 is 0 Å². The fraction of sp³-hybridized carbons (Fsp3) is 0.120. The highest BCUT2D eigenvalue weighted by molar-refractivity contribution is 7.26. The summed E-state index contributed by atoms with van der Waals surface area (Å²) in [5.41, 5.74) is 8.79. The highest BCUT2D eigenvalue weighted by Gasteiger charge is 2.37. The lowest BCUT2D eigenvalue weighted by Crippen LogP contribution is -2.49. The van der Waals surface area contributed by atoms with E-state index in [0.29, 0.717) is 0 Å². The average Bonchev–Trinajstić information content (AvgIpc) is 3.86. The van der Waals surface area contributed by atoms with Gasteiger partial charge in [-0.25, -0.2) is 0 Å². The van der Waals surface area contributed by atoms with E-state index in [1.165, 1.54) is 90.2 Å². The summed E-state index contributed by atoms with van der Waals surface area (Å²) < 4.78 is 11.5. The third-order valence-corrected chi connectivity index (χ3v) is 14.3. The predicted molar refractivity (Wildman–Crippen MR) is 237 cm³/mol. The fourth-order valence-corrected chi connectivity index (χ4v) is 10.7. The third-order valence-electron chi connectivity index (χ3n) is 12.0. The van der Waals surface area contributed by atoms with Gasteiger partial charge in [0.05, 0.1) is 11.2 Å². The summed E-state index contributed by atoms with van der Waals surface area (Å²) in [6, 6.07) is 53.8. The van der Waals surface area contributed by atoms with E-state index in [1.54, 1.807) is 13.8 Å². The van der Waals surface area contributed by atoms with Crippen LogP contribution in [0.15, 0.2) is 127 Å². The van der Waals surface area contributed by atoms with Crippen LogP contribution in [0, 0.1) is 12.1 Å². The molecule has 0 fully saturated rings. The van der Waals surface area contributed by atoms with E-state index in [2.05, 4.69) is 133 Å². The Morgan fingerprint density at radius 3 is 1.80 bits per heavy atom. The second-order valence-corrected chi connectivity index (χ2v) is 17.9. The number of hydrogen-bond donors (Lipinski definition) is 1. The maximum Gasteiger partial charge on any atom is 0.331 e. The molecule has 0 bridgehead atoms. The number of benzene rings is 7. The van der Waals surface area contributed by atoms with Gasteiger partial charge in [-0.1, -0.05) is 91.0 Å². The zero-order valence-corrected chi connectivity index (χ0v) is 32.5. The number of hydrogen-bond acceptors (Lipinski definition) is 4. The van der Waals surface area contributed by atoms with Crippen LogP contribution >= 0.6 is 22.7 Å². The number of fused-ring (bicyclic) bond motifs is 10. The van der Waals surface area contributed by atoms with E-state index in [1.807, 2.05) is 50.1 Å². The maximum atomic E-state index is 10.9. The molecule has 5 heteroatoms. The molecule has 8 aromatic carbocycles. The molecule has 0 saturated heterocycles. The molecule has 0 amide bonds. The van der Waals surface area contributed by atoms with Crippen molar-refractivity contribution in [3.05, 3.63) is 140 Å². The summed E-state index contributed by atoms with van der Waals surface area (Å²) in [5.74, 6) is 0. The molecule has 1 aliphatic carbocycles. The smallest absolute Gasteiger partial charge is 0.331 e. The summed E-state index contributed by atoms with van der Waals surface area (Å²) in [6.07, 6.45) is 0. The Labute approximate surface area is 328 Å². The molecule has 1 radical (unpaired) electrons. The van der Waals surface area contributed by atoms with E-state index in [9.17, 15) is 5.11 Å². The second kappa shape index (κ2) is 11.8. The van der Waals surface area contributed by atoms with Gasteiger partial charge in [0.2, 0.25) is 0 Å². The van der Waals surface area contributed by atoms with E-state index in [0.717, 1.165) is 21.6 Å². The van der Waals surface area contributed by atoms with E-state index in [4.69, 9.17) is 4.65 Å². The quantitative estimate of drug-likeness (QED) is 0.172. The van der Waals surface area contributed by atoms with Crippen LogP contribution in [0.5, 0.6) is 0 Å². The van der Waals surface area contributed by atoms with Crippen molar-refractivity contribution in [3.8, 4) is 44.5 Å². The molecule has 2 nitrogen and oxygen atoms in total. The minimum atomic E-state index is -1.03. The number of aliphatic hydroxyl groups is 1. The summed E-state index contributed by atoms with van der Waals surface area (Å²) in [6.45, 7) is 7.44. The topological polar surface area (TPSA) is 29.5 Å². The Morgan fingerprint density at radius 1 is 0.545 bits per heavy atom. The van der Waals surface area contributed by atoms with Gasteiger partial charge in [-0.15, -0.1) is 22.7 Å². The second-order valence-electron chi connectivity index (χ2n) is 15.7. The van der Waals surface area contributed by atoms with Gasteiger partial charge < -0.3 is 9.76 Å². The third kappa shape index (κ3) is 4.83. The van der Waals surface area contributed by atoms with E-state index in [-0.39, 0.29) is 0 Å². The molecule has 2 heterocycles. The molecule has 11 rings (SSSR count). The highest BCUT2D eigenvalue weighted by atomic mass is 32.1. The molecular weight excluding hydrogens is 707 g/mol. The lowest BCUT2D eigenvalue weighted by Gasteiger charge is -2.37. The first-order valence-corrected chi connectivity index (χ1v) is 20.3. The first-order chi connectivity index (χ1) is 26.7. The lowest BCUT2D eigenvalue weighted by atomic mass is 9.79. The zero-order valence-electron chi connectivity index (χ0n) is 30.9. The highest BCUT2D eigenvalue weighted by Crippen LogP contribution is 2.58. The van der Waals surface area contributed by atoms with Crippen molar-refractivity contribution in [2.75, 3.05) is 0 Å². The molecule has 55 heavy (non-hydrogen) atoms. The van der Waals surface area contributed by atoms with E-state index < -0.39 is 11.2 Å². The van der Waals surface area contributed by atoms with Crippen molar-refractivity contribution in [2.45, 2.75) is 38.9 Å². The Morgan fingerprint density at radius 2 is 1.13 bits per heavy atom. The van der Waals surface area contributed by atoms with Gasteiger partial charge in [-0.3, -0.25) is 0 Å². The van der Waals surface area contributed by atoms with Crippen LogP contribution < -0.4 is 5.46 Å². The van der Waals surface area contributed by atoms with Gasteiger partial charge in [0.25, 0.3) is 0 Å². The molecule has 10 aromatic rings. The number of rotatable bonds is 6. The van der Waals surface area contributed by atoms with Crippen LogP contribution in [0.1, 0.15) is 27.7 Å². The molecule has 0 spiro atoms. The van der Waals surface area contributed by atoms with Crippen molar-refractivity contribution in [3.63, 3.8) is 0 Å². The Bertz CT molecular complexity index is 3070. The molecule has 1 N–H and O–H groups in total. The molecule has 261 valence electrons. The van der Waals surface area contributed by atoms with Crippen LogP contribution in [0.2, 0.25) is 0 Å². The van der Waals surface area contributed by atoms with Crippen molar-refractivity contribution in [2.24, 2.45) is 0 Å². The van der Waals surface area contributed by atoms with Gasteiger partial charge in [-0.2, -0.15) is 0 Å². The number of thiophene rings is 2. The van der Waals surface area contributed by atoms with Crippen molar-refractivity contribution in [1.82, 2.24) is 0 Å². The Kier molecular flexibility index (Phi) is 7.04. The zero-order chi connectivity index (χ0) is 37.2. The van der Waals surface area contributed by atoms with Gasteiger partial charge >= 0.3 is 7.48 Å². The fourth-order valence-electron chi connectivity index (χ4n) is 8.50. The minimum Gasteiger partial charge on any atom is -0.427 e. The first kappa shape index (κ1) is 32.9. The molecule has 0 unspecified atom stereocenters. The van der Waals surface area contributed by atoms with Crippen molar-refractivity contribution in [1.29, 1.82) is 0 Å². The lowest BCUT2D eigenvalue weighted by molar-refractivity contribution is -0.0893. The monoisotopic (exact) mass is 741 g/mol. The summed E-state index contributed by atoms with van der Waals surface area (Å²) in [4.78, 5) is 0. The largest absolute Gasteiger partial charge is 0.427 e. The first-order valence-electron chi connectivity index (χ1n) is 18.7. The summed E-state index contributed by atoms with van der Waals surface area (Å²) >= 11 is 3.70. The van der Waals surface area contributed by atoms with Crippen molar-refractivity contribution < 1.29 is 9.76 Å². The Balaban J connectivity index is 1.23. The van der Waals surface area contributed by atoms with Crippen LogP contribution in [0.4, 0.5) is 0 Å². The van der Waals surface area contributed by atoms with Crippen LogP contribution in [0.3, 0.4) is 0 Å². The Hall–Kier alpha value is -5.48. The maximum absolute atomic E-state index is 10.9. The molecule has 0 saturated carbocycles. The molecule has 0 aliphatic heterocycles. The molecule has 0 atom stereocenters. The summed E-state index contributed by atoms with van der Waals surface area (Å²) in [7, 11) is 1.83. The predicted octanol–water partition coefficient (Wildman–Crippen LogP) is 13.1. The van der Waals surface area contributed by atoms with Crippen LogP contribution in [-0.2, 0) is 4.65 Å². The molecule has 1 aliphatic rings.